The molecule has 0 aliphatic carbocycles. The zero-order valence-corrected chi connectivity index (χ0v) is 19.1. The summed E-state index contributed by atoms with van der Waals surface area (Å²) in [6.45, 7) is 18.0. The van der Waals surface area contributed by atoms with Crippen LogP contribution in [0.1, 0.15) is 76.0 Å². The van der Waals surface area contributed by atoms with Gasteiger partial charge >= 0.3 is 0 Å². The number of benzene rings is 1. The van der Waals surface area contributed by atoms with E-state index < -0.39 is 0 Å². The SMILES string of the molecule is CCN(CC)CCC[C@@H](C)NC(=O)c1c(C)noc1-c1ccc(C(C)(C)C)cc1. The van der Waals surface area contributed by atoms with Gasteiger partial charge < -0.3 is 14.7 Å². The fourth-order valence-electron chi connectivity index (χ4n) is 3.48. The molecule has 2 rings (SSSR count). The molecular weight excluding hydrogens is 362 g/mol. The largest absolute Gasteiger partial charge is 0.355 e. The predicted octanol–water partition coefficient (Wildman–Crippen LogP) is 5.19. The van der Waals surface area contributed by atoms with Crippen LogP contribution >= 0.6 is 0 Å². The molecule has 29 heavy (non-hydrogen) atoms. The molecule has 0 spiro atoms. The van der Waals surface area contributed by atoms with E-state index in [0.717, 1.165) is 38.0 Å². The van der Waals surface area contributed by atoms with Crippen LogP contribution < -0.4 is 5.32 Å². The van der Waals surface area contributed by atoms with Gasteiger partial charge in [0.25, 0.3) is 5.91 Å². The molecule has 1 amide bonds. The molecule has 0 aliphatic heterocycles. The maximum atomic E-state index is 12.9. The highest BCUT2D eigenvalue weighted by molar-refractivity contribution is 6.00. The number of amides is 1. The van der Waals surface area contributed by atoms with Crippen molar-refractivity contribution in [1.82, 2.24) is 15.4 Å². The average Bonchev–Trinajstić information content (AvgIpc) is 3.06. The molecule has 1 heterocycles. The van der Waals surface area contributed by atoms with E-state index in [9.17, 15) is 4.79 Å². The van der Waals surface area contributed by atoms with Crippen LogP contribution in [0, 0.1) is 6.92 Å². The van der Waals surface area contributed by atoms with Gasteiger partial charge in [-0.2, -0.15) is 0 Å². The summed E-state index contributed by atoms with van der Waals surface area (Å²) in [5, 5.41) is 7.18. The third-order valence-electron chi connectivity index (χ3n) is 5.49. The molecule has 0 radical (unpaired) electrons. The maximum Gasteiger partial charge on any atom is 0.257 e. The Labute approximate surface area is 175 Å². The van der Waals surface area contributed by atoms with E-state index >= 15 is 0 Å². The molecule has 2 aromatic rings. The molecular formula is C24H37N3O2. The lowest BCUT2D eigenvalue weighted by Gasteiger charge is -2.20. The van der Waals surface area contributed by atoms with E-state index in [2.05, 4.69) is 69.0 Å². The summed E-state index contributed by atoms with van der Waals surface area (Å²) in [7, 11) is 0. The van der Waals surface area contributed by atoms with Crippen LogP contribution in [0.3, 0.4) is 0 Å². The quantitative estimate of drug-likeness (QED) is 0.630. The zero-order chi connectivity index (χ0) is 21.6. The Balaban J connectivity index is 2.07. The first-order valence-corrected chi connectivity index (χ1v) is 10.8. The fraction of sp³-hybridized carbons (Fsp3) is 0.583. The summed E-state index contributed by atoms with van der Waals surface area (Å²) in [5.41, 5.74) is 3.34. The number of carbonyl (C=O) groups excluding carboxylic acids is 1. The molecule has 0 unspecified atom stereocenters. The summed E-state index contributed by atoms with van der Waals surface area (Å²) in [6, 6.07) is 8.29. The standard InChI is InChI=1S/C24H37N3O2/c1-8-27(9-2)16-10-11-17(3)25-23(28)21-18(4)26-29-22(21)19-12-14-20(15-13-19)24(5,6)7/h12-15,17H,8-11,16H2,1-7H3,(H,25,28)/t17-/m1/s1. The first kappa shape index (κ1) is 23.1. The Morgan fingerprint density at radius 2 is 1.79 bits per heavy atom. The molecule has 1 aromatic heterocycles. The molecule has 1 atom stereocenters. The van der Waals surface area contributed by atoms with Crippen molar-refractivity contribution in [3.05, 3.63) is 41.1 Å². The highest BCUT2D eigenvalue weighted by atomic mass is 16.5. The maximum absolute atomic E-state index is 12.9. The van der Waals surface area contributed by atoms with E-state index in [-0.39, 0.29) is 17.4 Å². The van der Waals surface area contributed by atoms with Gasteiger partial charge in [-0.1, -0.05) is 64.0 Å². The summed E-state index contributed by atoms with van der Waals surface area (Å²) in [6.07, 6.45) is 2.01. The van der Waals surface area contributed by atoms with E-state index in [1.165, 1.54) is 5.56 Å². The number of carbonyl (C=O) groups is 1. The summed E-state index contributed by atoms with van der Waals surface area (Å²) >= 11 is 0. The second-order valence-corrected chi connectivity index (χ2v) is 8.84. The Bertz CT molecular complexity index is 783. The molecule has 0 saturated carbocycles. The van der Waals surface area contributed by atoms with Crippen molar-refractivity contribution >= 4 is 5.91 Å². The van der Waals surface area contributed by atoms with Crippen LogP contribution in [0.25, 0.3) is 11.3 Å². The molecule has 0 saturated heterocycles. The van der Waals surface area contributed by atoms with Gasteiger partial charge in [0.15, 0.2) is 5.76 Å². The Morgan fingerprint density at radius 3 is 2.34 bits per heavy atom. The first-order chi connectivity index (χ1) is 13.7. The fourth-order valence-corrected chi connectivity index (χ4v) is 3.48. The van der Waals surface area contributed by atoms with Gasteiger partial charge in [0.05, 0.1) is 5.69 Å². The van der Waals surface area contributed by atoms with Crippen LogP contribution in [0.4, 0.5) is 0 Å². The minimum absolute atomic E-state index is 0.0800. The highest BCUT2D eigenvalue weighted by Gasteiger charge is 2.23. The van der Waals surface area contributed by atoms with Gasteiger partial charge in [-0.3, -0.25) is 4.79 Å². The predicted molar refractivity (Wildman–Crippen MR) is 119 cm³/mol. The molecule has 1 N–H and O–H groups in total. The third kappa shape index (κ3) is 6.17. The lowest BCUT2D eigenvalue weighted by atomic mass is 9.86. The van der Waals surface area contributed by atoms with Crippen molar-refractivity contribution < 1.29 is 9.32 Å². The Kier molecular flexibility index (Phi) is 8.03. The lowest BCUT2D eigenvalue weighted by Crippen LogP contribution is -2.34. The van der Waals surface area contributed by atoms with Gasteiger partial charge in [0, 0.05) is 11.6 Å². The van der Waals surface area contributed by atoms with Gasteiger partial charge in [0.1, 0.15) is 5.56 Å². The number of nitrogens with zero attached hydrogens (tertiary/aromatic N) is 2. The van der Waals surface area contributed by atoms with Crippen LogP contribution in [0.5, 0.6) is 0 Å². The third-order valence-corrected chi connectivity index (χ3v) is 5.49. The van der Waals surface area contributed by atoms with Crippen molar-refractivity contribution in [2.75, 3.05) is 19.6 Å². The summed E-state index contributed by atoms with van der Waals surface area (Å²) in [4.78, 5) is 15.3. The monoisotopic (exact) mass is 399 g/mol. The Morgan fingerprint density at radius 1 is 1.17 bits per heavy atom. The van der Waals surface area contributed by atoms with Crippen LogP contribution in [-0.4, -0.2) is 41.6 Å². The van der Waals surface area contributed by atoms with E-state index in [1.807, 2.05) is 19.1 Å². The van der Waals surface area contributed by atoms with Gasteiger partial charge in [-0.05, 0) is 57.3 Å². The molecule has 160 valence electrons. The molecule has 0 fully saturated rings. The highest BCUT2D eigenvalue weighted by Crippen LogP contribution is 2.29. The summed E-state index contributed by atoms with van der Waals surface area (Å²) < 4.78 is 5.53. The minimum Gasteiger partial charge on any atom is -0.355 e. The van der Waals surface area contributed by atoms with Crippen LogP contribution in [0.15, 0.2) is 28.8 Å². The van der Waals surface area contributed by atoms with Gasteiger partial charge in [-0.25, -0.2) is 0 Å². The lowest BCUT2D eigenvalue weighted by molar-refractivity contribution is 0.0937. The smallest absolute Gasteiger partial charge is 0.257 e. The topological polar surface area (TPSA) is 58.4 Å². The number of nitrogens with one attached hydrogen (secondary N) is 1. The minimum atomic E-state index is -0.117. The van der Waals surface area contributed by atoms with Gasteiger partial charge in [0.2, 0.25) is 0 Å². The van der Waals surface area contributed by atoms with E-state index in [0.29, 0.717) is 17.0 Å². The zero-order valence-electron chi connectivity index (χ0n) is 19.1. The van der Waals surface area contributed by atoms with Crippen LogP contribution in [-0.2, 0) is 5.41 Å². The van der Waals surface area contributed by atoms with Crippen molar-refractivity contribution in [2.45, 2.75) is 72.8 Å². The first-order valence-electron chi connectivity index (χ1n) is 10.8. The van der Waals surface area contributed by atoms with Crippen molar-refractivity contribution in [1.29, 1.82) is 0 Å². The van der Waals surface area contributed by atoms with Gasteiger partial charge in [-0.15, -0.1) is 0 Å². The molecule has 0 aliphatic rings. The van der Waals surface area contributed by atoms with E-state index in [1.54, 1.807) is 0 Å². The number of aromatic nitrogens is 1. The summed E-state index contributed by atoms with van der Waals surface area (Å²) in [5.74, 6) is 0.421. The van der Waals surface area contributed by atoms with Crippen molar-refractivity contribution in [3.8, 4) is 11.3 Å². The Hall–Kier alpha value is -2.14. The van der Waals surface area contributed by atoms with Crippen molar-refractivity contribution in [2.24, 2.45) is 0 Å². The van der Waals surface area contributed by atoms with Crippen molar-refractivity contribution in [3.63, 3.8) is 0 Å². The molecule has 1 aromatic carbocycles. The average molecular weight is 400 g/mol. The molecule has 5 nitrogen and oxygen atoms in total. The number of hydrogen-bond donors (Lipinski definition) is 1. The number of rotatable bonds is 9. The molecule has 5 heteroatoms. The van der Waals surface area contributed by atoms with Crippen LogP contribution in [0.2, 0.25) is 0 Å². The van der Waals surface area contributed by atoms with E-state index in [4.69, 9.17) is 4.52 Å². The number of hydrogen-bond acceptors (Lipinski definition) is 4. The second kappa shape index (κ2) is 10.1. The number of aryl methyl sites for hydroxylation is 1. The normalized spacial score (nSPS) is 13.0. The second-order valence-electron chi connectivity index (χ2n) is 8.84. The molecule has 0 bridgehead atoms.